The standard InChI is InChI=1S/C44H34/c1-43(2)37-21-13-12-16-29(37)35-25-40-36(26-39(35)43)34-24-28(22-23-38(34)44(40,3)4)42-32-19-10-8-17-30(32)41(27-14-6-5-7-15-27)31-18-9-11-20-33(31)42/h5-26H,1-4H3. The number of benzene rings is 7. The molecule has 0 spiro atoms. The van der Waals surface area contributed by atoms with Crippen LogP contribution in [0.2, 0.25) is 0 Å². The number of hydrogen-bond acceptors (Lipinski definition) is 0. The Morgan fingerprint density at radius 2 is 0.750 bits per heavy atom. The normalized spacial score (nSPS) is 15.2. The zero-order valence-corrected chi connectivity index (χ0v) is 25.7. The van der Waals surface area contributed by atoms with E-state index in [0.717, 1.165) is 0 Å². The van der Waals surface area contributed by atoms with Gasteiger partial charge in [-0.2, -0.15) is 0 Å². The van der Waals surface area contributed by atoms with E-state index < -0.39 is 0 Å². The maximum absolute atomic E-state index is 2.52. The van der Waals surface area contributed by atoms with Gasteiger partial charge in [-0.25, -0.2) is 0 Å². The molecule has 0 amide bonds. The Labute approximate surface area is 259 Å². The third-order valence-electron chi connectivity index (χ3n) is 10.7. The molecule has 2 aliphatic rings. The molecule has 9 rings (SSSR count). The van der Waals surface area contributed by atoms with Gasteiger partial charge in [0.1, 0.15) is 0 Å². The largest absolute Gasteiger partial charge is 0.0622 e. The van der Waals surface area contributed by atoms with Crippen molar-refractivity contribution in [2.24, 2.45) is 0 Å². The first-order valence-electron chi connectivity index (χ1n) is 15.8. The van der Waals surface area contributed by atoms with Crippen LogP contribution in [0.15, 0.2) is 133 Å². The van der Waals surface area contributed by atoms with E-state index in [1.54, 1.807) is 0 Å². The Kier molecular flexibility index (Phi) is 5.11. The summed E-state index contributed by atoms with van der Waals surface area (Å²) in [4.78, 5) is 0. The first-order valence-corrected chi connectivity index (χ1v) is 15.8. The lowest BCUT2D eigenvalue weighted by Gasteiger charge is -2.24. The van der Waals surface area contributed by atoms with Gasteiger partial charge < -0.3 is 0 Å². The van der Waals surface area contributed by atoms with E-state index in [1.165, 1.54) is 88.3 Å². The summed E-state index contributed by atoms with van der Waals surface area (Å²) in [6.45, 7) is 9.56. The number of rotatable bonds is 2. The third-order valence-corrected chi connectivity index (χ3v) is 10.7. The van der Waals surface area contributed by atoms with E-state index in [-0.39, 0.29) is 10.8 Å². The van der Waals surface area contributed by atoms with Gasteiger partial charge in [0.15, 0.2) is 0 Å². The fourth-order valence-electron chi connectivity index (χ4n) is 8.46. The SMILES string of the molecule is CC1(C)c2ccccc2-c2cc3c(cc21)-c1cc(-c2c4ccccc4c(-c4ccccc4)c4ccccc24)ccc1C3(C)C. The van der Waals surface area contributed by atoms with Crippen LogP contribution in [-0.4, -0.2) is 0 Å². The van der Waals surface area contributed by atoms with Crippen molar-refractivity contribution in [3.63, 3.8) is 0 Å². The minimum Gasteiger partial charge on any atom is -0.0622 e. The first-order chi connectivity index (χ1) is 21.4. The van der Waals surface area contributed by atoms with E-state index in [1.807, 2.05) is 0 Å². The van der Waals surface area contributed by atoms with Gasteiger partial charge in [0.25, 0.3) is 0 Å². The maximum atomic E-state index is 2.52. The Hall–Kier alpha value is -4.94. The van der Waals surface area contributed by atoms with Crippen LogP contribution in [0.4, 0.5) is 0 Å². The molecule has 7 aromatic rings. The molecule has 0 saturated carbocycles. The van der Waals surface area contributed by atoms with Gasteiger partial charge in [0.05, 0.1) is 0 Å². The molecule has 0 unspecified atom stereocenters. The Morgan fingerprint density at radius 3 is 1.34 bits per heavy atom. The molecule has 44 heavy (non-hydrogen) atoms. The Bertz CT molecular complexity index is 2260. The summed E-state index contributed by atoms with van der Waals surface area (Å²) in [5.41, 5.74) is 16.4. The van der Waals surface area contributed by atoms with Gasteiger partial charge in [-0.1, -0.05) is 143 Å². The Morgan fingerprint density at radius 1 is 0.318 bits per heavy atom. The summed E-state index contributed by atoms with van der Waals surface area (Å²) < 4.78 is 0. The van der Waals surface area contributed by atoms with Crippen LogP contribution >= 0.6 is 0 Å². The summed E-state index contributed by atoms with van der Waals surface area (Å²) in [5, 5.41) is 5.19. The highest BCUT2D eigenvalue weighted by Gasteiger charge is 2.41. The molecule has 0 atom stereocenters. The van der Waals surface area contributed by atoms with Crippen LogP contribution in [0, 0.1) is 0 Å². The van der Waals surface area contributed by atoms with Crippen LogP contribution in [0.25, 0.3) is 66.1 Å². The van der Waals surface area contributed by atoms with E-state index in [4.69, 9.17) is 0 Å². The highest BCUT2D eigenvalue weighted by molar-refractivity contribution is 6.21. The molecule has 0 bridgehead atoms. The van der Waals surface area contributed by atoms with E-state index in [2.05, 4.69) is 161 Å². The predicted molar refractivity (Wildman–Crippen MR) is 187 cm³/mol. The van der Waals surface area contributed by atoms with Gasteiger partial charge in [0, 0.05) is 10.8 Å². The summed E-state index contributed by atoms with van der Waals surface area (Å²) in [6.07, 6.45) is 0. The second kappa shape index (κ2) is 8.80. The number of hydrogen-bond donors (Lipinski definition) is 0. The molecular weight excluding hydrogens is 528 g/mol. The molecule has 2 aliphatic carbocycles. The Balaban J connectivity index is 1.32. The summed E-state index contributed by atoms with van der Waals surface area (Å²) >= 11 is 0. The average molecular weight is 563 g/mol. The smallest absolute Gasteiger partial charge is 0.0159 e. The predicted octanol–water partition coefficient (Wildman–Crippen LogP) is 11.9. The molecule has 0 heteroatoms. The summed E-state index contributed by atoms with van der Waals surface area (Å²) in [6, 6.07) is 50.1. The molecule has 0 nitrogen and oxygen atoms in total. The maximum Gasteiger partial charge on any atom is 0.0159 e. The molecule has 7 aromatic carbocycles. The minimum atomic E-state index is -0.0682. The zero-order chi connectivity index (χ0) is 29.8. The van der Waals surface area contributed by atoms with Gasteiger partial charge in [-0.15, -0.1) is 0 Å². The quantitative estimate of drug-likeness (QED) is 0.184. The molecule has 0 saturated heterocycles. The second-order valence-electron chi connectivity index (χ2n) is 13.7. The summed E-state index contributed by atoms with van der Waals surface area (Å²) in [7, 11) is 0. The van der Waals surface area contributed by atoms with Gasteiger partial charge in [-0.05, 0) is 107 Å². The first kappa shape index (κ1) is 25.5. The topological polar surface area (TPSA) is 0 Å². The summed E-state index contributed by atoms with van der Waals surface area (Å²) in [5.74, 6) is 0. The van der Waals surface area contributed by atoms with Crippen LogP contribution in [0.1, 0.15) is 49.9 Å². The van der Waals surface area contributed by atoms with Crippen molar-refractivity contribution in [3.05, 3.63) is 156 Å². The van der Waals surface area contributed by atoms with Crippen LogP contribution < -0.4 is 0 Å². The minimum absolute atomic E-state index is 0.0227. The van der Waals surface area contributed by atoms with Crippen molar-refractivity contribution >= 4 is 21.5 Å². The van der Waals surface area contributed by atoms with Crippen molar-refractivity contribution in [1.29, 1.82) is 0 Å². The number of fused-ring (bicyclic) bond motifs is 8. The second-order valence-corrected chi connectivity index (χ2v) is 13.7. The molecule has 0 aliphatic heterocycles. The van der Waals surface area contributed by atoms with Gasteiger partial charge in [-0.3, -0.25) is 0 Å². The van der Waals surface area contributed by atoms with E-state index >= 15 is 0 Å². The fraction of sp³-hybridized carbons (Fsp3) is 0.136. The van der Waals surface area contributed by atoms with Crippen LogP contribution in [-0.2, 0) is 10.8 Å². The molecule has 0 aromatic heterocycles. The van der Waals surface area contributed by atoms with Crippen molar-refractivity contribution in [1.82, 2.24) is 0 Å². The molecule has 210 valence electrons. The van der Waals surface area contributed by atoms with E-state index in [9.17, 15) is 0 Å². The van der Waals surface area contributed by atoms with Crippen molar-refractivity contribution in [2.45, 2.75) is 38.5 Å². The van der Waals surface area contributed by atoms with Crippen LogP contribution in [0.3, 0.4) is 0 Å². The highest BCUT2D eigenvalue weighted by atomic mass is 14.4. The molecule has 0 heterocycles. The van der Waals surface area contributed by atoms with Crippen molar-refractivity contribution < 1.29 is 0 Å². The lowest BCUT2D eigenvalue weighted by molar-refractivity contribution is 0.652. The lowest BCUT2D eigenvalue weighted by Crippen LogP contribution is -2.16. The van der Waals surface area contributed by atoms with Crippen molar-refractivity contribution in [3.8, 4) is 44.5 Å². The van der Waals surface area contributed by atoms with Gasteiger partial charge in [0.2, 0.25) is 0 Å². The lowest BCUT2D eigenvalue weighted by atomic mass is 9.79. The molecule has 0 radical (unpaired) electrons. The van der Waals surface area contributed by atoms with Crippen LogP contribution in [0.5, 0.6) is 0 Å². The fourth-order valence-corrected chi connectivity index (χ4v) is 8.46. The van der Waals surface area contributed by atoms with E-state index in [0.29, 0.717) is 0 Å². The molecular formula is C44H34. The van der Waals surface area contributed by atoms with Gasteiger partial charge >= 0.3 is 0 Å². The zero-order valence-electron chi connectivity index (χ0n) is 25.7. The highest BCUT2D eigenvalue weighted by Crippen LogP contribution is 2.56. The monoisotopic (exact) mass is 562 g/mol. The third kappa shape index (κ3) is 3.29. The molecule has 0 N–H and O–H groups in total. The molecule has 0 fully saturated rings. The average Bonchev–Trinajstić information content (AvgIpc) is 3.42. The van der Waals surface area contributed by atoms with Crippen molar-refractivity contribution in [2.75, 3.05) is 0 Å².